The Hall–Kier alpha value is -3.67. The molecule has 0 N–H and O–H groups in total. The Morgan fingerprint density at radius 1 is 1.04 bits per heavy atom. The van der Waals surface area contributed by atoms with Crippen molar-refractivity contribution in [2.45, 2.75) is 13.8 Å². The zero-order valence-corrected chi connectivity index (χ0v) is 15.4. The van der Waals surface area contributed by atoms with Gasteiger partial charge in [0, 0.05) is 11.1 Å². The molecule has 0 saturated heterocycles. The summed E-state index contributed by atoms with van der Waals surface area (Å²) < 4.78 is 12.1. The van der Waals surface area contributed by atoms with Gasteiger partial charge in [0.05, 0.1) is 23.4 Å². The van der Waals surface area contributed by atoms with E-state index in [-0.39, 0.29) is 23.4 Å². The molecule has 0 atom stereocenters. The highest BCUT2D eigenvalue weighted by Crippen LogP contribution is 2.23. The first kappa shape index (κ1) is 17.7. The van der Waals surface area contributed by atoms with Gasteiger partial charge in [-0.15, -0.1) is 0 Å². The molecule has 6 nitrogen and oxygen atoms in total. The molecule has 28 heavy (non-hydrogen) atoms. The topological polar surface area (TPSA) is 78.0 Å². The van der Waals surface area contributed by atoms with Crippen molar-refractivity contribution in [3.8, 4) is 0 Å². The zero-order chi connectivity index (χ0) is 19.8. The Labute approximate surface area is 160 Å². The molecule has 4 rings (SSSR count). The quantitative estimate of drug-likeness (QED) is 0.308. The number of ketones is 1. The van der Waals surface area contributed by atoms with Crippen LogP contribution in [0.15, 0.2) is 63.8 Å². The average molecular weight is 375 g/mol. The highest BCUT2D eigenvalue weighted by molar-refractivity contribution is 6.12. The number of pyridine rings is 1. The smallest absolute Gasteiger partial charge is 0.347 e. The van der Waals surface area contributed by atoms with Crippen LogP contribution in [0.3, 0.4) is 0 Å². The summed E-state index contributed by atoms with van der Waals surface area (Å²) in [6.45, 7) is 3.76. The van der Waals surface area contributed by atoms with Crippen molar-refractivity contribution in [2.24, 2.45) is 0 Å². The lowest BCUT2D eigenvalue weighted by Gasteiger charge is -2.06. The van der Waals surface area contributed by atoms with Gasteiger partial charge in [-0.1, -0.05) is 24.3 Å². The van der Waals surface area contributed by atoms with Crippen LogP contribution in [0.2, 0.25) is 0 Å². The van der Waals surface area contributed by atoms with Crippen molar-refractivity contribution >= 4 is 28.2 Å². The van der Waals surface area contributed by atoms with Crippen molar-refractivity contribution in [1.82, 2.24) is 4.40 Å². The number of ether oxygens (including phenoxy) is 1. The standard InChI is InChI=1S/C22H17NO5/c1-3-27-21(25)15-12-18(23-13(2)7-6-9-17(15)23)20(24)16-11-14-8-4-5-10-19(14)28-22(16)26/h4-12H,3H2,1-2H3. The molecule has 0 unspecified atom stereocenters. The first-order valence-corrected chi connectivity index (χ1v) is 8.87. The second-order valence-electron chi connectivity index (χ2n) is 6.37. The first-order valence-electron chi connectivity index (χ1n) is 8.87. The Bertz CT molecular complexity index is 1300. The van der Waals surface area contributed by atoms with Gasteiger partial charge in [-0.05, 0) is 44.2 Å². The van der Waals surface area contributed by atoms with Gasteiger partial charge in [-0.3, -0.25) is 4.79 Å². The van der Waals surface area contributed by atoms with Crippen LogP contribution >= 0.6 is 0 Å². The maximum Gasteiger partial charge on any atom is 0.347 e. The number of hydrogen-bond acceptors (Lipinski definition) is 5. The van der Waals surface area contributed by atoms with E-state index in [1.54, 1.807) is 47.7 Å². The summed E-state index contributed by atoms with van der Waals surface area (Å²) in [6.07, 6.45) is 0. The lowest BCUT2D eigenvalue weighted by atomic mass is 10.1. The fraction of sp³-hybridized carbons (Fsp3) is 0.136. The van der Waals surface area contributed by atoms with Crippen LogP contribution in [-0.4, -0.2) is 22.8 Å². The van der Waals surface area contributed by atoms with E-state index in [4.69, 9.17) is 9.15 Å². The molecule has 0 aliphatic heterocycles. The van der Waals surface area contributed by atoms with Crippen molar-refractivity contribution in [2.75, 3.05) is 6.61 Å². The number of benzene rings is 1. The number of carbonyl (C=O) groups excluding carboxylic acids is 2. The summed E-state index contributed by atoms with van der Waals surface area (Å²) in [4.78, 5) is 38.0. The van der Waals surface area contributed by atoms with Gasteiger partial charge < -0.3 is 13.6 Å². The number of nitrogens with zero attached hydrogens (tertiary/aromatic N) is 1. The van der Waals surface area contributed by atoms with Crippen LogP contribution in [0, 0.1) is 6.92 Å². The van der Waals surface area contributed by atoms with E-state index >= 15 is 0 Å². The predicted molar refractivity (Wildman–Crippen MR) is 104 cm³/mol. The molecule has 0 spiro atoms. The average Bonchev–Trinajstić information content (AvgIpc) is 3.08. The highest BCUT2D eigenvalue weighted by Gasteiger charge is 2.24. The normalized spacial score (nSPS) is 11.1. The Morgan fingerprint density at radius 2 is 1.82 bits per heavy atom. The van der Waals surface area contributed by atoms with Crippen molar-refractivity contribution in [3.05, 3.63) is 87.5 Å². The Balaban J connectivity index is 1.94. The number of para-hydroxylation sites is 1. The van der Waals surface area contributed by atoms with E-state index in [9.17, 15) is 14.4 Å². The molecule has 1 aromatic carbocycles. The van der Waals surface area contributed by atoms with Crippen molar-refractivity contribution in [1.29, 1.82) is 0 Å². The van der Waals surface area contributed by atoms with E-state index in [0.717, 1.165) is 5.69 Å². The maximum atomic E-state index is 13.2. The molecule has 0 saturated carbocycles. The summed E-state index contributed by atoms with van der Waals surface area (Å²) in [5, 5.41) is 0.647. The van der Waals surface area contributed by atoms with Crippen LogP contribution in [-0.2, 0) is 4.74 Å². The van der Waals surface area contributed by atoms with Crippen molar-refractivity contribution in [3.63, 3.8) is 0 Å². The lowest BCUT2D eigenvalue weighted by molar-refractivity contribution is 0.0529. The number of esters is 1. The van der Waals surface area contributed by atoms with E-state index in [1.165, 1.54) is 12.1 Å². The number of fused-ring (bicyclic) bond motifs is 2. The first-order chi connectivity index (χ1) is 13.5. The Morgan fingerprint density at radius 3 is 2.61 bits per heavy atom. The maximum absolute atomic E-state index is 13.2. The third kappa shape index (κ3) is 2.79. The van der Waals surface area contributed by atoms with Crippen LogP contribution in [0.25, 0.3) is 16.5 Å². The number of aromatic nitrogens is 1. The number of aryl methyl sites for hydroxylation is 1. The van der Waals surface area contributed by atoms with Gasteiger partial charge in [0.15, 0.2) is 0 Å². The van der Waals surface area contributed by atoms with E-state index < -0.39 is 17.4 Å². The molecule has 3 aromatic heterocycles. The molecular weight excluding hydrogens is 358 g/mol. The predicted octanol–water partition coefficient (Wildman–Crippen LogP) is 3.76. The fourth-order valence-corrected chi connectivity index (χ4v) is 3.32. The van der Waals surface area contributed by atoms with E-state index in [0.29, 0.717) is 16.5 Å². The number of carbonyl (C=O) groups is 2. The molecule has 3 heterocycles. The highest BCUT2D eigenvalue weighted by atomic mass is 16.5. The monoisotopic (exact) mass is 375 g/mol. The second kappa shape index (κ2) is 6.81. The fourth-order valence-electron chi connectivity index (χ4n) is 3.32. The minimum atomic E-state index is -0.718. The van der Waals surface area contributed by atoms with E-state index in [2.05, 4.69) is 0 Å². The minimum Gasteiger partial charge on any atom is -0.462 e. The largest absolute Gasteiger partial charge is 0.462 e. The van der Waals surface area contributed by atoms with E-state index in [1.807, 2.05) is 13.0 Å². The van der Waals surface area contributed by atoms with Gasteiger partial charge in [0.25, 0.3) is 0 Å². The van der Waals surface area contributed by atoms with Crippen LogP contribution in [0.5, 0.6) is 0 Å². The van der Waals surface area contributed by atoms with Gasteiger partial charge in [0.1, 0.15) is 11.1 Å². The van der Waals surface area contributed by atoms with Gasteiger partial charge in [-0.2, -0.15) is 0 Å². The molecule has 0 aliphatic carbocycles. The third-order valence-corrected chi connectivity index (χ3v) is 4.60. The molecule has 4 aromatic rings. The minimum absolute atomic E-state index is 0.0863. The van der Waals surface area contributed by atoms with Gasteiger partial charge >= 0.3 is 11.6 Å². The Kier molecular flexibility index (Phi) is 4.31. The summed E-state index contributed by atoms with van der Waals surface area (Å²) >= 11 is 0. The van der Waals surface area contributed by atoms with Crippen LogP contribution in [0.4, 0.5) is 0 Å². The SMILES string of the molecule is CCOC(=O)c1cc(C(=O)c2cc3ccccc3oc2=O)n2c(C)cccc12. The van der Waals surface area contributed by atoms with Crippen LogP contribution < -0.4 is 5.63 Å². The summed E-state index contributed by atoms with van der Waals surface area (Å²) in [7, 11) is 0. The molecule has 0 radical (unpaired) electrons. The van der Waals surface area contributed by atoms with Gasteiger partial charge in [-0.25, -0.2) is 9.59 Å². The van der Waals surface area contributed by atoms with Crippen molar-refractivity contribution < 1.29 is 18.7 Å². The van der Waals surface area contributed by atoms with Gasteiger partial charge in [0.2, 0.25) is 5.78 Å². The number of rotatable bonds is 4. The molecular formula is C22H17NO5. The van der Waals surface area contributed by atoms with Crippen LogP contribution in [0.1, 0.15) is 39.0 Å². The zero-order valence-electron chi connectivity index (χ0n) is 15.4. The molecule has 0 amide bonds. The molecule has 0 aliphatic rings. The molecule has 140 valence electrons. The number of hydrogen-bond donors (Lipinski definition) is 0. The summed E-state index contributed by atoms with van der Waals surface area (Å²) in [5.74, 6) is -1.03. The summed E-state index contributed by atoms with van der Waals surface area (Å²) in [5.41, 5.74) is 1.39. The lowest BCUT2D eigenvalue weighted by Crippen LogP contribution is -2.16. The molecule has 0 fully saturated rings. The molecule has 0 bridgehead atoms. The third-order valence-electron chi connectivity index (χ3n) is 4.60. The molecule has 6 heteroatoms. The second-order valence-corrected chi connectivity index (χ2v) is 6.37. The summed E-state index contributed by atoms with van der Waals surface area (Å²) in [6, 6.07) is 15.3.